The summed E-state index contributed by atoms with van der Waals surface area (Å²) >= 11 is 0. The van der Waals surface area contributed by atoms with Gasteiger partial charge in [-0.3, -0.25) is 9.59 Å². The van der Waals surface area contributed by atoms with Crippen molar-refractivity contribution in [3.8, 4) is 0 Å². The van der Waals surface area contributed by atoms with Crippen LogP contribution in [-0.4, -0.2) is 46.9 Å². The van der Waals surface area contributed by atoms with Crippen LogP contribution in [0.5, 0.6) is 0 Å². The number of ether oxygens (including phenoxy) is 1. The monoisotopic (exact) mass is 860 g/mol. The average Bonchev–Trinajstić information content (AvgIpc) is 3.25. The first-order valence-corrected chi connectivity index (χ1v) is 27.1. The minimum atomic E-state index is -0.788. The summed E-state index contributed by atoms with van der Waals surface area (Å²) in [6, 6.07) is -0.703. The van der Waals surface area contributed by atoms with Gasteiger partial charge in [0.1, 0.15) is 6.10 Å². The van der Waals surface area contributed by atoms with Gasteiger partial charge < -0.3 is 20.3 Å². The molecule has 0 aromatic heterocycles. The number of aliphatic hydroxyl groups excluding tert-OH is 2. The summed E-state index contributed by atoms with van der Waals surface area (Å²) in [7, 11) is 0. The molecule has 0 bridgehead atoms. The zero-order valence-corrected chi connectivity index (χ0v) is 41.1. The van der Waals surface area contributed by atoms with Crippen LogP contribution in [0.15, 0.2) is 24.3 Å². The summed E-state index contributed by atoms with van der Waals surface area (Å²) in [5, 5.41) is 23.7. The number of carbonyl (C=O) groups excluding carboxylic acids is 2. The molecular formula is C55H105NO5. The van der Waals surface area contributed by atoms with Gasteiger partial charge in [-0.1, -0.05) is 251 Å². The maximum Gasteiger partial charge on any atom is 0.306 e. The zero-order chi connectivity index (χ0) is 44.5. The highest BCUT2D eigenvalue weighted by Gasteiger charge is 2.24. The van der Waals surface area contributed by atoms with Crippen LogP contribution in [0.4, 0.5) is 0 Å². The molecule has 6 nitrogen and oxygen atoms in total. The fourth-order valence-electron chi connectivity index (χ4n) is 8.42. The highest BCUT2D eigenvalue weighted by molar-refractivity contribution is 5.77. The molecule has 61 heavy (non-hydrogen) atoms. The van der Waals surface area contributed by atoms with E-state index in [1.165, 1.54) is 167 Å². The number of hydrogen-bond acceptors (Lipinski definition) is 5. The van der Waals surface area contributed by atoms with Crippen LogP contribution in [0.2, 0.25) is 0 Å². The Morgan fingerprint density at radius 3 is 1.25 bits per heavy atom. The third-order valence-electron chi connectivity index (χ3n) is 12.6. The number of aliphatic hydroxyl groups is 2. The molecule has 0 aliphatic rings. The maximum absolute atomic E-state index is 13.2. The molecule has 0 saturated carbocycles. The predicted molar refractivity (Wildman–Crippen MR) is 264 cm³/mol. The van der Waals surface area contributed by atoms with Gasteiger partial charge in [-0.05, 0) is 51.4 Å². The largest absolute Gasteiger partial charge is 0.462 e. The maximum atomic E-state index is 13.2. The molecule has 0 aliphatic heterocycles. The molecule has 0 heterocycles. The van der Waals surface area contributed by atoms with Crippen molar-refractivity contribution in [2.45, 2.75) is 309 Å². The highest BCUT2D eigenvalue weighted by atomic mass is 16.5. The highest BCUT2D eigenvalue weighted by Crippen LogP contribution is 2.18. The Morgan fingerprint density at radius 2 is 0.820 bits per heavy atom. The average molecular weight is 860 g/mol. The van der Waals surface area contributed by atoms with Crippen LogP contribution in [0.25, 0.3) is 0 Å². The van der Waals surface area contributed by atoms with E-state index in [2.05, 4.69) is 50.4 Å². The van der Waals surface area contributed by atoms with E-state index in [0.717, 1.165) is 77.0 Å². The predicted octanol–water partition coefficient (Wildman–Crippen LogP) is 16.3. The topological polar surface area (TPSA) is 95.9 Å². The number of unbranched alkanes of at least 4 members (excludes halogenated alkanes) is 34. The Morgan fingerprint density at radius 1 is 0.475 bits per heavy atom. The number of esters is 1. The molecule has 0 aliphatic carbocycles. The molecule has 0 spiro atoms. The fourth-order valence-corrected chi connectivity index (χ4v) is 8.42. The number of hydrogen-bond donors (Lipinski definition) is 3. The standard InChI is InChI=1S/C55H105NO5/c1-4-7-10-13-16-19-22-24-25-26-27-28-30-33-36-39-42-45-48-55(60)61-51(46-43-40-37-34-32-29-23-20-17-14-11-8-5-2)49-54(59)56-52(50-57)53(58)47-44-41-38-35-31-21-18-15-12-9-6-3/h17,20,23,29,51-53,57-58H,4-16,18-19,21-22,24-28,30-50H2,1-3H3,(H,56,59)/b20-17+,29-23+. The van der Waals surface area contributed by atoms with E-state index < -0.39 is 18.2 Å². The minimum Gasteiger partial charge on any atom is -0.462 e. The van der Waals surface area contributed by atoms with E-state index in [-0.39, 0.29) is 24.9 Å². The second-order valence-electron chi connectivity index (χ2n) is 18.7. The summed E-state index contributed by atoms with van der Waals surface area (Å²) in [5.74, 6) is -0.478. The van der Waals surface area contributed by atoms with Gasteiger partial charge in [0.05, 0.1) is 25.2 Å². The van der Waals surface area contributed by atoms with Gasteiger partial charge in [-0.25, -0.2) is 0 Å². The third-order valence-corrected chi connectivity index (χ3v) is 12.6. The van der Waals surface area contributed by atoms with Crippen molar-refractivity contribution in [1.82, 2.24) is 5.32 Å². The van der Waals surface area contributed by atoms with Crippen molar-refractivity contribution in [2.75, 3.05) is 6.61 Å². The van der Waals surface area contributed by atoms with Gasteiger partial charge >= 0.3 is 5.97 Å². The van der Waals surface area contributed by atoms with Gasteiger partial charge in [0.2, 0.25) is 5.91 Å². The van der Waals surface area contributed by atoms with Crippen LogP contribution < -0.4 is 5.32 Å². The SMILES string of the molecule is CCCCC/C=C/C=C/CCCCCCC(CC(=O)NC(CO)C(O)CCCCCCCCCCCCC)OC(=O)CCCCCCCCCCCCCCCCCCCC. The summed E-state index contributed by atoms with van der Waals surface area (Å²) < 4.78 is 5.94. The molecule has 3 N–H and O–H groups in total. The van der Waals surface area contributed by atoms with E-state index in [1.54, 1.807) is 0 Å². The summed E-state index contributed by atoms with van der Waals surface area (Å²) in [6.45, 7) is 6.47. The normalized spacial score (nSPS) is 13.3. The molecule has 0 aromatic rings. The smallest absolute Gasteiger partial charge is 0.306 e. The van der Waals surface area contributed by atoms with Crippen LogP contribution in [0, 0.1) is 0 Å². The minimum absolute atomic E-state index is 0.0693. The van der Waals surface area contributed by atoms with Crippen molar-refractivity contribution >= 4 is 11.9 Å². The Balaban J connectivity index is 4.51. The summed E-state index contributed by atoms with van der Waals surface area (Å²) in [6.07, 6.45) is 56.7. The van der Waals surface area contributed by atoms with E-state index >= 15 is 0 Å². The van der Waals surface area contributed by atoms with Crippen molar-refractivity contribution in [2.24, 2.45) is 0 Å². The number of amides is 1. The number of nitrogens with one attached hydrogen (secondary N) is 1. The number of carbonyl (C=O) groups is 2. The Kier molecular flexibility index (Phi) is 48.0. The Hall–Kier alpha value is -1.66. The lowest BCUT2D eigenvalue weighted by atomic mass is 10.0. The van der Waals surface area contributed by atoms with Gasteiger partial charge in [0.15, 0.2) is 0 Å². The van der Waals surface area contributed by atoms with E-state index in [0.29, 0.717) is 19.3 Å². The van der Waals surface area contributed by atoms with Crippen LogP contribution >= 0.6 is 0 Å². The zero-order valence-electron chi connectivity index (χ0n) is 41.1. The van der Waals surface area contributed by atoms with E-state index in [9.17, 15) is 19.8 Å². The van der Waals surface area contributed by atoms with Crippen molar-refractivity contribution < 1.29 is 24.5 Å². The van der Waals surface area contributed by atoms with E-state index in [4.69, 9.17) is 4.74 Å². The van der Waals surface area contributed by atoms with Crippen molar-refractivity contribution in [1.29, 1.82) is 0 Å². The lowest BCUT2D eigenvalue weighted by Crippen LogP contribution is -2.46. The summed E-state index contributed by atoms with van der Waals surface area (Å²) in [4.78, 5) is 26.2. The van der Waals surface area contributed by atoms with Crippen LogP contribution in [-0.2, 0) is 14.3 Å². The van der Waals surface area contributed by atoms with Gasteiger partial charge in [-0.2, -0.15) is 0 Å². The van der Waals surface area contributed by atoms with Gasteiger partial charge in [0.25, 0.3) is 0 Å². The van der Waals surface area contributed by atoms with E-state index in [1.807, 2.05) is 0 Å². The second-order valence-corrected chi connectivity index (χ2v) is 18.7. The molecule has 0 aromatic carbocycles. The quantitative estimate of drug-likeness (QED) is 0.0322. The third kappa shape index (κ3) is 44.7. The van der Waals surface area contributed by atoms with Crippen molar-refractivity contribution in [3.05, 3.63) is 24.3 Å². The number of rotatable bonds is 49. The van der Waals surface area contributed by atoms with Crippen molar-refractivity contribution in [3.63, 3.8) is 0 Å². The first-order valence-electron chi connectivity index (χ1n) is 27.1. The Labute approximate surface area is 380 Å². The first-order chi connectivity index (χ1) is 30.0. The molecule has 3 atom stereocenters. The van der Waals surface area contributed by atoms with Crippen LogP contribution in [0.3, 0.4) is 0 Å². The van der Waals surface area contributed by atoms with Crippen LogP contribution in [0.1, 0.15) is 290 Å². The molecule has 0 saturated heterocycles. The molecule has 0 radical (unpaired) electrons. The lowest BCUT2D eigenvalue weighted by molar-refractivity contribution is -0.151. The summed E-state index contributed by atoms with van der Waals surface area (Å²) in [5.41, 5.74) is 0. The number of allylic oxidation sites excluding steroid dienone is 4. The van der Waals surface area contributed by atoms with Gasteiger partial charge in [-0.15, -0.1) is 0 Å². The van der Waals surface area contributed by atoms with Gasteiger partial charge in [0, 0.05) is 6.42 Å². The fraction of sp³-hybridized carbons (Fsp3) is 0.891. The second kappa shape index (κ2) is 49.4. The molecular weight excluding hydrogens is 755 g/mol. The molecule has 1 amide bonds. The molecule has 360 valence electrons. The lowest BCUT2D eigenvalue weighted by Gasteiger charge is -2.24. The molecule has 0 rings (SSSR count). The Bertz CT molecular complexity index is 966. The molecule has 6 heteroatoms. The molecule has 3 unspecified atom stereocenters. The first kappa shape index (κ1) is 59.3. The molecule has 0 fully saturated rings.